The monoisotopic (exact) mass is 446 g/mol. The molecule has 0 spiro atoms. The molecule has 1 amide bonds. The van der Waals surface area contributed by atoms with Gasteiger partial charge in [-0.25, -0.2) is 12.7 Å². The van der Waals surface area contributed by atoms with Crippen molar-refractivity contribution in [2.75, 3.05) is 27.2 Å². The first-order valence-corrected chi connectivity index (χ1v) is 11.9. The number of amides is 1. The number of likely N-dealkylation sites (tertiary alicyclic amines) is 1. The molecule has 3 aromatic rings. The van der Waals surface area contributed by atoms with E-state index < -0.39 is 10.0 Å². The van der Waals surface area contributed by atoms with Crippen molar-refractivity contribution in [3.05, 3.63) is 53.2 Å². The summed E-state index contributed by atoms with van der Waals surface area (Å²) >= 11 is 1.54. The third-order valence-corrected chi connectivity index (χ3v) is 7.80. The van der Waals surface area contributed by atoms with Gasteiger partial charge in [-0.15, -0.1) is 21.5 Å². The molecule has 0 aliphatic carbocycles. The zero-order valence-electron chi connectivity index (χ0n) is 16.7. The van der Waals surface area contributed by atoms with Crippen LogP contribution in [0.2, 0.25) is 0 Å². The van der Waals surface area contributed by atoms with Crippen LogP contribution in [0.3, 0.4) is 0 Å². The van der Waals surface area contributed by atoms with Crippen LogP contribution < -0.4 is 0 Å². The average molecular weight is 447 g/mol. The van der Waals surface area contributed by atoms with Gasteiger partial charge in [-0.05, 0) is 48.6 Å². The molecule has 0 radical (unpaired) electrons. The van der Waals surface area contributed by atoms with E-state index in [4.69, 9.17) is 4.42 Å². The molecule has 0 N–H and O–H groups in total. The maximum absolute atomic E-state index is 13.0. The van der Waals surface area contributed by atoms with E-state index in [1.807, 2.05) is 17.5 Å². The third-order valence-electron chi connectivity index (χ3n) is 5.11. The first-order chi connectivity index (χ1) is 14.4. The van der Waals surface area contributed by atoms with Crippen LogP contribution >= 0.6 is 11.3 Å². The molecule has 158 valence electrons. The SMILES string of the molecule is CN(C)S(=O)(=O)c1ccc(C(=O)N2CCC[C@H](c3nnc(-c4cccs4)o3)C2)cc1. The molecule has 0 bridgehead atoms. The molecule has 4 rings (SSSR count). The largest absolute Gasteiger partial charge is 0.420 e. The number of benzene rings is 1. The van der Waals surface area contributed by atoms with Gasteiger partial charge in [0.1, 0.15) is 0 Å². The molecule has 30 heavy (non-hydrogen) atoms. The molecule has 8 nitrogen and oxygen atoms in total. The summed E-state index contributed by atoms with van der Waals surface area (Å²) in [5, 5.41) is 10.3. The highest BCUT2D eigenvalue weighted by molar-refractivity contribution is 7.89. The molecule has 0 unspecified atom stereocenters. The topological polar surface area (TPSA) is 96.6 Å². The summed E-state index contributed by atoms with van der Waals surface area (Å²) in [4.78, 5) is 15.8. The molecule has 0 saturated carbocycles. The number of hydrogen-bond acceptors (Lipinski definition) is 7. The van der Waals surface area contributed by atoms with Crippen LogP contribution in [0.5, 0.6) is 0 Å². The van der Waals surface area contributed by atoms with Crippen molar-refractivity contribution in [3.63, 3.8) is 0 Å². The summed E-state index contributed by atoms with van der Waals surface area (Å²) in [6.07, 6.45) is 1.70. The molecule has 1 aromatic carbocycles. The Bertz CT molecular complexity index is 1120. The number of hydrogen-bond donors (Lipinski definition) is 0. The second kappa shape index (κ2) is 8.29. The first-order valence-electron chi connectivity index (χ1n) is 9.55. The lowest BCUT2D eigenvalue weighted by molar-refractivity contribution is 0.0698. The van der Waals surface area contributed by atoms with Gasteiger partial charge in [0, 0.05) is 32.7 Å². The van der Waals surface area contributed by atoms with Gasteiger partial charge in [-0.1, -0.05) is 6.07 Å². The van der Waals surface area contributed by atoms with Crippen LogP contribution in [0.1, 0.15) is 35.0 Å². The fourth-order valence-corrected chi connectivity index (χ4v) is 4.97. The number of carbonyl (C=O) groups is 1. The smallest absolute Gasteiger partial charge is 0.257 e. The predicted molar refractivity (Wildman–Crippen MR) is 113 cm³/mol. The summed E-state index contributed by atoms with van der Waals surface area (Å²) in [5.74, 6) is 0.897. The number of piperidine rings is 1. The molecule has 10 heteroatoms. The quantitative estimate of drug-likeness (QED) is 0.598. The predicted octanol–water partition coefficient (Wildman–Crippen LogP) is 3.07. The number of aromatic nitrogens is 2. The van der Waals surface area contributed by atoms with Crippen LogP contribution in [0.15, 0.2) is 51.1 Å². The highest BCUT2D eigenvalue weighted by Crippen LogP contribution is 2.30. The molecule has 1 saturated heterocycles. The van der Waals surface area contributed by atoms with Crippen molar-refractivity contribution in [1.29, 1.82) is 0 Å². The van der Waals surface area contributed by atoms with Gasteiger partial charge in [0.25, 0.3) is 11.8 Å². The van der Waals surface area contributed by atoms with E-state index >= 15 is 0 Å². The van der Waals surface area contributed by atoms with Crippen molar-refractivity contribution in [2.24, 2.45) is 0 Å². The normalized spacial score (nSPS) is 17.4. The fourth-order valence-electron chi connectivity index (χ4n) is 3.43. The molecular formula is C20H22N4O4S2. The lowest BCUT2D eigenvalue weighted by Gasteiger charge is -2.31. The average Bonchev–Trinajstić information content (AvgIpc) is 3.45. The Hall–Kier alpha value is -2.56. The molecule has 3 heterocycles. The van der Waals surface area contributed by atoms with Gasteiger partial charge in [0.05, 0.1) is 15.7 Å². The van der Waals surface area contributed by atoms with Crippen molar-refractivity contribution in [1.82, 2.24) is 19.4 Å². The summed E-state index contributed by atoms with van der Waals surface area (Å²) in [7, 11) is -0.572. The number of sulfonamides is 1. The van der Waals surface area contributed by atoms with Gasteiger partial charge >= 0.3 is 0 Å². The Morgan fingerprint density at radius 2 is 1.97 bits per heavy atom. The van der Waals surface area contributed by atoms with E-state index in [1.165, 1.54) is 37.6 Å². The number of rotatable bonds is 5. The Balaban J connectivity index is 1.47. The molecular weight excluding hydrogens is 424 g/mol. The molecule has 1 aliphatic rings. The second-order valence-corrected chi connectivity index (χ2v) is 10.4. The van der Waals surface area contributed by atoms with Crippen molar-refractivity contribution >= 4 is 27.3 Å². The number of nitrogens with zero attached hydrogens (tertiary/aromatic N) is 4. The third kappa shape index (κ3) is 4.03. The lowest BCUT2D eigenvalue weighted by atomic mass is 9.97. The molecule has 1 aliphatic heterocycles. The van der Waals surface area contributed by atoms with E-state index in [1.54, 1.807) is 17.0 Å². The maximum atomic E-state index is 13.0. The van der Waals surface area contributed by atoms with Gasteiger partial charge in [-0.2, -0.15) is 0 Å². The maximum Gasteiger partial charge on any atom is 0.257 e. The lowest BCUT2D eigenvalue weighted by Crippen LogP contribution is -2.39. The Morgan fingerprint density at radius 1 is 1.20 bits per heavy atom. The first kappa shape index (κ1) is 20.7. The zero-order chi connectivity index (χ0) is 21.3. The van der Waals surface area contributed by atoms with Gasteiger partial charge in [-0.3, -0.25) is 4.79 Å². The van der Waals surface area contributed by atoms with Crippen molar-refractivity contribution in [3.8, 4) is 10.8 Å². The van der Waals surface area contributed by atoms with Crippen LogP contribution in [0.25, 0.3) is 10.8 Å². The van der Waals surface area contributed by atoms with E-state index in [0.29, 0.717) is 30.4 Å². The fraction of sp³-hybridized carbons (Fsp3) is 0.350. The highest BCUT2D eigenvalue weighted by atomic mass is 32.2. The van der Waals surface area contributed by atoms with E-state index in [2.05, 4.69) is 10.2 Å². The molecule has 1 fully saturated rings. The van der Waals surface area contributed by atoms with Gasteiger partial charge < -0.3 is 9.32 Å². The van der Waals surface area contributed by atoms with Gasteiger partial charge in [0.15, 0.2) is 0 Å². The van der Waals surface area contributed by atoms with Crippen LogP contribution in [0.4, 0.5) is 0 Å². The summed E-state index contributed by atoms with van der Waals surface area (Å²) in [6, 6.07) is 9.91. The minimum atomic E-state index is -3.52. The van der Waals surface area contributed by atoms with Gasteiger partial charge in [0.2, 0.25) is 15.9 Å². The summed E-state index contributed by atoms with van der Waals surface area (Å²) < 4.78 is 31.4. The number of thiophene rings is 1. The van der Waals surface area contributed by atoms with Crippen molar-refractivity contribution in [2.45, 2.75) is 23.7 Å². The van der Waals surface area contributed by atoms with E-state index in [-0.39, 0.29) is 16.7 Å². The number of carbonyl (C=O) groups excluding carboxylic acids is 1. The summed E-state index contributed by atoms with van der Waals surface area (Å²) in [6.45, 7) is 1.13. The van der Waals surface area contributed by atoms with E-state index in [9.17, 15) is 13.2 Å². The van der Waals surface area contributed by atoms with E-state index in [0.717, 1.165) is 22.0 Å². The Kier molecular flexibility index (Phi) is 5.72. The van der Waals surface area contributed by atoms with Crippen molar-refractivity contribution < 1.29 is 17.6 Å². The minimum absolute atomic E-state index is 0.0164. The molecule has 2 aromatic heterocycles. The summed E-state index contributed by atoms with van der Waals surface area (Å²) in [5.41, 5.74) is 0.457. The second-order valence-electron chi connectivity index (χ2n) is 7.32. The van der Waals surface area contributed by atoms with Crippen LogP contribution in [-0.4, -0.2) is 60.9 Å². The Morgan fingerprint density at radius 3 is 2.63 bits per heavy atom. The minimum Gasteiger partial charge on any atom is -0.420 e. The molecule has 1 atom stereocenters. The standard InChI is InChI=1S/C20H22N4O4S2/c1-23(2)30(26,27)16-9-7-14(8-10-16)20(25)24-11-3-5-15(13-24)18-21-22-19(28-18)17-6-4-12-29-17/h4,6-10,12,15H,3,5,11,13H2,1-2H3/t15-/m0/s1. The Labute approximate surface area is 179 Å². The van der Waals surface area contributed by atoms with Crippen LogP contribution in [-0.2, 0) is 10.0 Å². The van der Waals surface area contributed by atoms with Crippen LogP contribution in [0, 0.1) is 0 Å². The zero-order valence-corrected chi connectivity index (χ0v) is 18.3. The highest BCUT2D eigenvalue weighted by Gasteiger charge is 2.29.